The number of aromatic amines is 2. The van der Waals surface area contributed by atoms with Gasteiger partial charge in [0.1, 0.15) is 0 Å². The van der Waals surface area contributed by atoms with E-state index in [-0.39, 0.29) is 11.6 Å². The molecule has 1 aromatic heterocycles. The summed E-state index contributed by atoms with van der Waals surface area (Å²) in [5.74, 6) is 1.33. The lowest BCUT2D eigenvalue weighted by molar-refractivity contribution is -0.133. The van der Waals surface area contributed by atoms with Gasteiger partial charge in [0.2, 0.25) is 5.91 Å². The Balaban J connectivity index is 1.21. The van der Waals surface area contributed by atoms with Crippen LogP contribution in [0.3, 0.4) is 0 Å². The number of nitrogens with one attached hydrogen (secondary N) is 3. The second-order valence-corrected chi connectivity index (χ2v) is 8.21. The molecule has 150 valence electrons. The number of H-pyrrole nitrogens is 2. The molecule has 3 N–H and O–H groups in total. The zero-order valence-electron chi connectivity index (χ0n) is 16.1. The van der Waals surface area contributed by atoms with Gasteiger partial charge >= 0.3 is 5.69 Å². The first kappa shape index (κ1) is 18.8. The number of carbonyl (C=O) groups is 2. The van der Waals surface area contributed by atoms with E-state index in [0.717, 1.165) is 38.3 Å². The zero-order chi connectivity index (χ0) is 19.5. The summed E-state index contributed by atoms with van der Waals surface area (Å²) < 4.78 is 0. The van der Waals surface area contributed by atoms with Gasteiger partial charge in [0.15, 0.2) is 0 Å². The van der Waals surface area contributed by atoms with Crippen molar-refractivity contribution in [2.45, 2.75) is 44.9 Å². The maximum absolute atomic E-state index is 12.4. The molecule has 0 bridgehead atoms. The number of likely N-dealkylation sites (tertiary alicyclic amines) is 1. The molecular weight excluding hydrogens is 356 g/mol. The van der Waals surface area contributed by atoms with E-state index in [2.05, 4.69) is 15.3 Å². The van der Waals surface area contributed by atoms with Gasteiger partial charge in [0.05, 0.1) is 11.0 Å². The predicted octanol–water partition coefficient (Wildman–Crippen LogP) is 2.40. The first-order chi connectivity index (χ1) is 13.6. The molecule has 1 aliphatic carbocycles. The van der Waals surface area contributed by atoms with E-state index >= 15 is 0 Å². The standard InChI is InChI=1S/C21H28N4O3/c26-19(7-4-14-2-1-3-14)25-10-8-15(9-11-25)13-22-20(27)16-5-6-17-18(12-16)24-21(28)23-17/h5-6,12,14-15H,1-4,7-11,13H2,(H,22,27)(H2,23,24,28). The lowest BCUT2D eigenvalue weighted by Gasteiger charge is -2.33. The van der Waals surface area contributed by atoms with Gasteiger partial charge in [-0.2, -0.15) is 0 Å². The van der Waals surface area contributed by atoms with E-state index in [1.165, 1.54) is 19.3 Å². The second kappa shape index (κ2) is 8.20. The van der Waals surface area contributed by atoms with Crippen molar-refractivity contribution < 1.29 is 9.59 Å². The molecule has 4 rings (SSSR count). The first-order valence-electron chi connectivity index (χ1n) is 10.4. The molecule has 0 radical (unpaired) electrons. The molecule has 2 aliphatic rings. The van der Waals surface area contributed by atoms with Crippen LogP contribution in [0.4, 0.5) is 0 Å². The Labute approximate surface area is 163 Å². The van der Waals surface area contributed by atoms with Gasteiger partial charge in [-0.3, -0.25) is 9.59 Å². The second-order valence-electron chi connectivity index (χ2n) is 8.21. The largest absolute Gasteiger partial charge is 0.352 e. The molecule has 2 fully saturated rings. The highest BCUT2D eigenvalue weighted by Crippen LogP contribution is 2.30. The Morgan fingerprint density at radius 3 is 2.50 bits per heavy atom. The van der Waals surface area contributed by atoms with Crippen LogP contribution in [0.2, 0.25) is 0 Å². The summed E-state index contributed by atoms with van der Waals surface area (Å²) in [6, 6.07) is 5.13. The predicted molar refractivity (Wildman–Crippen MR) is 107 cm³/mol. The van der Waals surface area contributed by atoms with Crippen LogP contribution < -0.4 is 11.0 Å². The fraction of sp³-hybridized carbons (Fsp3) is 0.571. The molecule has 1 aliphatic heterocycles. The van der Waals surface area contributed by atoms with Crippen molar-refractivity contribution in [1.29, 1.82) is 0 Å². The fourth-order valence-corrected chi connectivity index (χ4v) is 4.17. The van der Waals surface area contributed by atoms with E-state index in [9.17, 15) is 14.4 Å². The smallest absolute Gasteiger partial charge is 0.323 e. The molecule has 7 heteroatoms. The maximum atomic E-state index is 12.4. The number of aromatic nitrogens is 2. The monoisotopic (exact) mass is 384 g/mol. The molecular formula is C21H28N4O3. The van der Waals surface area contributed by atoms with E-state index in [1.807, 2.05) is 4.90 Å². The highest BCUT2D eigenvalue weighted by Gasteiger charge is 2.25. The van der Waals surface area contributed by atoms with Crippen molar-refractivity contribution in [3.05, 3.63) is 34.2 Å². The topological polar surface area (TPSA) is 98.1 Å². The Bertz CT molecular complexity index is 904. The van der Waals surface area contributed by atoms with Crippen molar-refractivity contribution in [1.82, 2.24) is 20.2 Å². The molecule has 0 unspecified atom stereocenters. The van der Waals surface area contributed by atoms with E-state index < -0.39 is 0 Å². The lowest BCUT2D eigenvalue weighted by atomic mass is 9.82. The number of piperidine rings is 1. The van der Waals surface area contributed by atoms with Gasteiger partial charge in [0, 0.05) is 31.6 Å². The van der Waals surface area contributed by atoms with Crippen LogP contribution in [0, 0.1) is 11.8 Å². The van der Waals surface area contributed by atoms with Crippen molar-refractivity contribution in [3.63, 3.8) is 0 Å². The van der Waals surface area contributed by atoms with Crippen LogP contribution in [0.25, 0.3) is 11.0 Å². The summed E-state index contributed by atoms with van der Waals surface area (Å²) >= 11 is 0. The van der Waals surface area contributed by atoms with Crippen LogP contribution in [0.1, 0.15) is 55.3 Å². The molecule has 2 heterocycles. The highest BCUT2D eigenvalue weighted by atomic mass is 16.2. The number of fused-ring (bicyclic) bond motifs is 1. The van der Waals surface area contributed by atoms with Crippen LogP contribution in [0.5, 0.6) is 0 Å². The molecule has 1 saturated heterocycles. The fourth-order valence-electron chi connectivity index (χ4n) is 4.17. The van der Waals surface area contributed by atoms with Gasteiger partial charge in [-0.15, -0.1) is 0 Å². The van der Waals surface area contributed by atoms with E-state index in [4.69, 9.17) is 0 Å². The zero-order valence-corrected chi connectivity index (χ0v) is 16.1. The minimum absolute atomic E-state index is 0.136. The van der Waals surface area contributed by atoms with E-state index in [0.29, 0.717) is 41.4 Å². The quantitative estimate of drug-likeness (QED) is 0.713. The number of benzene rings is 1. The third-order valence-corrected chi connectivity index (χ3v) is 6.29. The number of carbonyl (C=O) groups excluding carboxylic acids is 2. The lowest BCUT2D eigenvalue weighted by Crippen LogP contribution is -2.41. The number of rotatable bonds is 6. The Morgan fingerprint density at radius 1 is 1.04 bits per heavy atom. The van der Waals surface area contributed by atoms with Gasteiger partial charge in [-0.25, -0.2) is 4.79 Å². The molecule has 0 spiro atoms. The van der Waals surface area contributed by atoms with Gasteiger partial charge in [-0.1, -0.05) is 19.3 Å². The van der Waals surface area contributed by atoms with E-state index in [1.54, 1.807) is 18.2 Å². The summed E-state index contributed by atoms with van der Waals surface area (Å²) in [4.78, 5) is 43.4. The summed E-state index contributed by atoms with van der Waals surface area (Å²) in [7, 11) is 0. The molecule has 0 atom stereocenters. The molecule has 1 aromatic carbocycles. The van der Waals surface area contributed by atoms with Crippen LogP contribution >= 0.6 is 0 Å². The number of nitrogens with zero attached hydrogens (tertiary/aromatic N) is 1. The van der Waals surface area contributed by atoms with Crippen molar-refractivity contribution >= 4 is 22.8 Å². The third-order valence-electron chi connectivity index (χ3n) is 6.29. The minimum atomic E-state index is -0.276. The van der Waals surface area contributed by atoms with Gasteiger partial charge in [-0.05, 0) is 49.3 Å². The van der Waals surface area contributed by atoms with Crippen molar-refractivity contribution in [3.8, 4) is 0 Å². The van der Waals surface area contributed by atoms with Gasteiger partial charge in [0.25, 0.3) is 5.91 Å². The SMILES string of the molecule is O=C(NCC1CCN(C(=O)CCC2CCC2)CC1)c1ccc2[nH]c(=O)[nH]c2c1. The summed E-state index contributed by atoms with van der Waals surface area (Å²) in [5, 5.41) is 2.99. The molecule has 2 amide bonds. The van der Waals surface area contributed by atoms with Crippen molar-refractivity contribution in [2.75, 3.05) is 19.6 Å². The summed E-state index contributed by atoms with van der Waals surface area (Å²) in [6.07, 6.45) is 7.51. The Hall–Kier alpha value is -2.57. The minimum Gasteiger partial charge on any atom is -0.352 e. The number of hydrogen-bond donors (Lipinski definition) is 3. The van der Waals surface area contributed by atoms with Crippen LogP contribution in [-0.4, -0.2) is 46.3 Å². The van der Waals surface area contributed by atoms with Gasteiger partial charge < -0.3 is 20.2 Å². The Kier molecular flexibility index (Phi) is 5.50. The molecule has 1 saturated carbocycles. The van der Waals surface area contributed by atoms with Crippen LogP contribution in [0.15, 0.2) is 23.0 Å². The van der Waals surface area contributed by atoms with Crippen LogP contribution in [-0.2, 0) is 4.79 Å². The number of imidazole rings is 1. The summed E-state index contributed by atoms with van der Waals surface area (Å²) in [6.45, 7) is 2.20. The molecule has 7 nitrogen and oxygen atoms in total. The third kappa shape index (κ3) is 4.29. The molecule has 28 heavy (non-hydrogen) atoms. The number of amides is 2. The highest BCUT2D eigenvalue weighted by molar-refractivity contribution is 5.97. The van der Waals surface area contributed by atoms with Crippen molar-refractivity contribution in [2.24, 2.45) is 11.8 Å². The average Bonchev–Trinajstić information content (AvgIpc) is 3.04. The maximum Gasteiger partial charge on any atom is 0.323 e. The molecule has 2 aromatic rings. The summed E-state index contributed by atoms with van der Waals surface area (Å²) in [5.41, 5.74) is 1.58. The normalized spacial score (nSPS) is 18.2. The first-order valence-corrected chi connectivity index (χ1v) is 10.4. The Morgan fingerprint density at radius 2 is 1.79 bits per heavy atom. The average molecular weight is 384 g/mol. The number of hydrogen-bond acceptors (Lipinski definition) is 3.